The van der Waals surface area contributed by atoms with Gasteiger partial charge < -0.3 is 5.11 Å². The number of nitrogens with zero attached hydrogens (tertiary/aromatic N) is 1. The summed E-state index contributed by atoms with van der Waals surface area (Å²) in [5, 5.41) is 9.28. The lowest BCUT2D eigenvalue weighted by Gasteiger charge is -2.10. The quantitative estimate of drug-likeness (QED) is 0.863. The third-order valence-electron chi connectivity index (χ3n) is 1.74. The molecule has 0 fully saturated rings. The number of pyridine rings is 1. The number of alkyl halides is 3. The summed E-state index contributed by atoms with van der Waals surface area (Å²) >= 11 is 6.23. The van der Waals surface area contributed by atoms with Crippen molar-refractivity contribution in [2.75, 3.05) is 0 Å². The first-order valence-corrected chi connectivity index (χ1v) is 5.64. The van der Waals surface area contributed by atoms with Crippen LogP contribution in [0.3, 0.4) is 0 Å². The van der Waals surface area contributed by atoms with Crippen molar-refractivity contribution in [1.82, 2.24) is 4.98 Å². The largest absolute Gasteiger partial charge is 0.390 e. The van der Waals surface area contributed by atoms with Crippen molar-refractivity contribution in [3.8, 4) is 0 Å². The van der Waals surface area contributed by atoms with Gasteiger partial charge in [0.2, 0.25) is 0 Å². The Balaban J connectivity index is 3.27. The predicted molar refractivity (Wildman–Crippen MR) is 55.4 cm³/mol. The predicted octanol–water partition coefficient (Wildman–Crippen LogP) is 3.17. The van der Waals surface area contributed by atoms with Crippen LogP contribution in [0.2, 0.25) is 0 Å². The summed E-state index contributed by atoms with van der Waals surface area (Å²) in [5.74, 6) is 0. The van der Waals surface area contributed by atoms with Crippen LogP contribution in [0.15, 0.2) is 10.7 Å². The van der Waals surface area contributed by atoms with Crippen molar-refractivity contribution < 1.29 is 13.9 Å². The molecular weight excluding hydrogens is 324 g/mol. The maximum absolute atomic E-state index is 12.4. The van der Waals surface area contributed by atoms with Gasteiger partial charge in [0.1, 0.15) is 0 Å². The second kappa shape index (κ2) is 5.14. The molecule has 0 bridgehead atoms. The standard InChI is InChI=1S/C8H7Br2F2NO/c9-1-4-6(3-14)13-2-5(7(4)10)8(11)12/h2,8,14H,1,3H2. The molecule has 0 atom stereocenters. The van der Waals surface area contributed by atoms with Gasteiger partial charge in [0.05, 0.1) is 17.9 Å². The van der Waals surface area contributed by atoms with Crippen LogP contribution in [0, 0.1) is 0 Å². The molecule has 14 heavy (non-hydrogen) atoms. The Hall–Kier alpha value is -0.0700. The molecule has 0 aromatic carbocycles. The van der Waals surface area contributed by atoms with E-state index in [1.165, 1.54) is 0 Å². The van der Waals surface area contributed by atoms with E-state index in [9.17, 15) is 8.78 Å². The van der Waals surface area contributed by atoms with E-state index < -0.39 is 6.43 Å². The van der Waals surface area contributed by atoms with Crippen LogP contribution in [0.4, 0.5) is 8.78 Å². The fraction of sp³-hybridized carbons (Fsp3) is 0.375. The van der Waals surface area contributed by atoms with Gasteiger partial charge in [0.25, 0.3) is 6.43 Å². The molecule has 1 aromatic rings. The zero-order chi connectivity index (χ0) is 10.7. The van der Waals surface area contributed by atoms with Crippen molar-refractivity contribution in [2.45, 2.75) is 18.4 Å². The molecule has 1 N–H and O–H groups in total. The minimum atomic E-state index is -2.57. The minimum Gasteiger partial charge on any atom is -0.390 e. The summed E-state index contributed by atoms with van der Waals surface area (Å²) in [6, 6.07) is 0. The number of aromatic nitrogens is 1. The number of aliphatic hydroxyl groups is 1. The van der Waals surface area contributed by atoms with E-state index in [1.807, 2.05) is 0 Å². The second-order valence-electron chi connectivity index (χ2n) is 2.55. The first-order chi connectivity index (χ1) is 6.61. The van der Waals surface area contributed by atoms with Gasteiger partial charge in [-0.05, 0) is 15.9 Å². The average molecular weight is 331 g/mol. The Morgan fingerprint density at radius 3 is 2.57 bits per heavy atom. The van der Waals surface area contributed by atoms with E-state index in [2.05, 4.69) is 36.8 Å². The van der Waals surface area contributed by atoms with Gasteiger partial charge in [-0.15, -0.1) is 0 Å². The smallest absolute Gasteiger partial charge is 0.266 e. The monoisotopic (exact) mass is 329 g/mol. The summed E-state index contributed by atoms with van der Waals surface area (Å²) in [5.41, 5.74) is 0.806. The molecule has 0 aliphatic carbocycles. The van der Waals surface area contributed by atoms with E-state index in [0.717, 1.165) is 6.20 Å². The average Bonchev–Trinajstić information content (AvgIpc) is 2.16. The van der Waals surface area contributed by atoms with Crippen LogP contribution in [-0.4, -0.2) is 10.1 Å². The van der Waals surface area contributed by atoms with Gasteiger partial charge >= 0.3 is 0 Å². The number of rotatable bonds is 3. The van der Waals surface area contributed by atoms with Crippen LogP contribution < -0.4 is 0 Å². The normalized spacial score (nSPS) is 11.0. The van der Waals surface area contributed by atoms with Crippen molar-refractivity contribution in [1.29, 1.82) is 0 Å². The van der Waals surface area contributed by atoms with Gasteiger partial charge in [-0.1, -0.05) is 15.9 Å². The second-order valence-corrected chi connectivity index (χ2v) is 3.90. The summed E-state index contributed by atoms with van der Waals surface area (Å²) < 4.78 is 25.2. The highest BCUT2D eigenvalue weighted by molar-refractivity contribution is 9.10. The molecule has 0 radical (unpaired) electrons. The van der Waals surface area contributed by atoms with Crippen molar-refractivity contribution in [3.05, 3.63) is 27.5 Å². The number of hydrogen-bond acceptors (Lipinski definition) is 2. The summed E-state index contributed by atoms with van der Waals surface area (Å²) in [6.45, 7) is -0.261. The van der Waals surface area contributed by atoms with Gasteiger partial charge in [-0.3, -0.25) is 4.98 Å². The lowest BCUT2D eigenvalue weighted by Crippen LogP contribution is -2.01. The minimum absolute atomic E-state index is 0.156. The van der Waals surface area contributed by atoms with Crippen molar-refractivity contribution in [2.24, 2.45) is 0 Å². The lowest BCUT2D eigenvalue weighted by atomic mass is 10.1. The molecule has 78 valence electrons. The molecule has 0 aliphatic rings. The first kappa shape index (κ1) is 12.0. The zero-order valence-electron chi connectivity index (χ0n) is 6.98. The summed E-state index contributed by atoms with van der Waals surface area (Å²) in [6.07, 6.45) is -1.49. The number of hydrogen-bond donors (Lipinski definition) is 1. The summed E-state index contributed by atoms with van der Waals surface area (Å²) in [7, 11) is 0. The maximum Gasteiger partial charge on any atom is 0.266 e. The molecule has 1 aromatic heterocycles. The Kier molecular flexibility index (Phi) is 4.40. The van der Waals surface area contributed by atoms with Crippen LogP contribution in [-0.2, 0) is 11.9 Å². The van der Waals surface area contributed by atoms with E-state index in [1.54, 1.807) is 0 Å². The third kappa shape index (κ3) is 2.29. The Morgan fingerprint density at radius 1 is 1.50 bits per heavy atom. The van der Waals surface area contributed by atoms with Gasteiger partial charge in [0.15, 0.2) is 0 Å². The molecule has 1 heterocycles. The van der Waals surface area contributed by atoms with E-state index in [-0.39, 0.29) is 12.2 Å². The van der Waals surface area contributed by atoms with Crippen molar-refractivity contribution >= 4 is 31.9 Å². The maximum atomic E-state index is 12.4. The molecule has 0 unspecified atom stereocenters. The highest BCUT2D eigenvalue weighted by Crippen LogP contribution is 2.32. The molecule has 2 nitrogen and oxygen atoms in total. The Bertz CT molecular complexity index is 333. The molecule has 0 amide bonds. The highest BCUT2D eigenvalue weighted by atomic mass is 79.9. The zero-order valence-corrected chi connectivity index (χ0v) is 10.1. The van der Waals surface area contributed by atoms with Crippen molar-refractivity contribution in [3.63, 3.8) is 0 Å². The molecule has 0 spiro atoms. The van der Waals surface area contributed by atoms with Crippen LogP contribution in [0.5, 0.6) is 0 Å². The van der Waals surface area contributed by atoms with E-state index in [0.29, 0.717) is 21.1 Å². The van der Waals surface area contributed by atoms with E-state index >= 15 is 0 Å². The van der Waals surface area contributed by atoms with Crippen LogP contribution in [0.1, 0.15) is 23.2 Å². The SMILES string of the molecule is OCc1ncc(C(F)F)c(Br)c1CBr. The number of aliphatic hydroxyl groups excluding tert-OH is 1. The first-order valence-electron chi connectivity index (χ1n) is 3.73. The molecule has 0 saturated carbocycles. The Morgan fingerprint density at radius 2 is 2.14 bits per heavy atom. The fourth-order valence-electron chi connectivity index (χ4n) is 1.01. The van der Waals surface area contributed by atoms with Gasteiger partial charge in [-0.25, -0.2) is 8.78 Å². The summed E-state index contributed by atoms with van der Waals surface area (Å²) in [4.78, 5) is 3.76. The molecule has 1 rings (SSSR count). The third-order valence-corrected chi connectivity index (χ3v) is 3.24. The lowest BCUT2D eigenvalue weighted by molar-refractivity contribution is 0.149. The number of halogens is 4. The fourth-order valence-corrected chi connectivity index (χ4v) is 2.63. The van der Waals surface area contributed by atoms with Gasteiger partial charge in [0, 0.05) is 21.6 Å². The molecular formula is C8H7Br2F2NO. The van der Waals surface area contributed by atoms with Gasteiger partial charge in [-0.2, -0.15) is 0 Å². The molecule has 6 heteroatoms. The highest BCUT2D eigenvalue weighted by Gasteiger charge is 2.17. The van der Waals surface area contributed by atoms with Crippen LogP contribution >= 0.6 is 31.9 Å². The molecule has 0 saturated heterocycles. The van der Waals surface area contributed by atoms with E-state index in [4.69, 9.17) is 5.11 Å². The Labute approximate surface area is 96.6 Å². The molecule has 0 aliphatic heterocycles. The topological polar surface area (TPSA) is 33.1 Å². The van der Waals surface area contributed by atoms with Crippen LogP contribution in [0.25, 0.3) is 0 Å².